The van der Waals surface area contributed by atoms with Crippen molar-refractivity contribution < 1.29 is 9.53 Å². The molecular formula is C16H20BrNO2. The first kappa shape index (κ1) is 14.1. The zero-order valence-corrected chi connectivity index (χ0v) is 13.4. The molecule has 0 spiro atoms. The molecular weight excluding hydrogens is 318 g/mol. The van der Waals surface area contributed by atoms with Crippen LogP contribution in [0.3, 0.4) is 0 Å². The van der Waals surface area contributed by atoms with Gasteiger partial charge in [0, 0.05) is 35.1 Å². The number of hydrogen-bond donors (Lipinski definition) is 0. The molecule has 1 saturated heterocycles. The fourth-order valence-corrected chi connectivity index (χ4v) is 3.15. The summed E-state index contributed by atoms with van der Waals surface area (Å²) < 4.78 is 6.44. The first-order chi connectivity index (χ1) is 9.66. The molecule has 0 aromatic heterocycles. The minimum absolute atomic E-state index is 0.179. The van der Waals surface area contributed by atoms with Crippen LogP contribution in [0.25, 0.3) is 0 Å². The predicted octanol–water partition coefficient (Wildman–Crippen LogP) is 3.40. The number of ether oxygens (including phenoxy) is 1. The summed E-state index contributed by atoms with van der Waals surface area (Å²) in [5.74, 6) is 0.685. The van der Waals surface area contributed by atoms with Crippen LogP contribution in [0, 0.1) is 12.8 Å². The highest BCUT2D eigenvalue weighted by molar-refractivity contribution is 9.10. The molecule has 20 heavy (non-hydrogen) atoms. The SMILES string of the molecule is Cc1c(Br)cccc1C(=O)N(CC1CCOC1)C1CC1. The highest BCUT2D eigenvalue weighted by Crippen LogP contribution is 2.31. The normalized spacial score (nSPS) is 22.0. The first-order valence-electron chi connectivity index (χ1n) is 7.30. The van der Waals surface area contributed by atoms with Crippen LogP contribution in [-0.4, -0.2) is 36.6 Å². The van der Waals surface area contributed by atoms with Gasteiger partial charge in [0.25, 0.3) is 5.91 Å². The molecule has 1 aromatic rings. The van der Waals surface area contributed by atoms with Gasteiger partial charge in [-0.2, -0.15) is 0 Å². The van der Waals surface area contributed by atoms with E-state index in [9.17, 15) is 4.79 Å². The summed E-state index contributed by atoms with van der Waals surface area (Å²) in [6.45, 7) is 4.48. The Morgan fingerprint density at radius 3 is 2.85 bits per heavy atom. The fourth-order valence-electron chi connectivity index (χ4n) is 2.78. The monoisotopic (exact) mass is 337 g/mol. The third-order valence-corrected chi connectivity index (χ3v) is 5.08. The fraction of sp³-hybridized carbons (Fsp3) is 0.562. The van der Waals surface area contributed by atoms with Crippen LogP contribution >= 0.6 is 15.9 Å². The van der Waals surface area contributed by atoms with Crippen molar-refractivity contribution in [2.24, 2.45) is 5.92 Å². The van der Waals surface area contributed by atoms with E-state index in [0.29, 0.717) is 12.0 Å². The van der Waals surface area contributed by atoms with Crippen LogP contribution in [0.15, 0.2) is 22.7 Å². The molecule has 1 aromatic carbocycles. The number of carbonyl (C=O) groups is 1. The van der Waals surface area contributed by atoms with E-state index in [0.717, 1.165) is 54.6 Å². The molecule has 2 aliphatic rings. The van der Waals surface area contributed by atoms with Gasteiger partial charge in [-0.05, 0) is 43.9 Å². The zero-order valence-electron chi connectivity index (χ0n) is 11.8. The third-order valence-electron chi connectivity index (χ3n) is 4.23. The van der Waals surface area contributed by atoms with Gasteiger partial charge in [0.1, 0.15) is 0 Å². The van der Waals surface area contributed by atoms with Crippen molar-refractivity contribution in [2.45, 2.75) is 32.2 Å². The predicted molar refractivity (Wildman–Crippen MR) is 81.9 cm³/mol. The first-order valence-corrected chi connectivity index (χ1v) is 8.10. The van der Waals surface area contributed by atoms with E-state index in [-0.39, 0.29) is 5.91 Å². The number of hydrogen-bond acceptors (Lipinski definition) is 2. The van der Waals surface area contributed by atoms with Crippen LogP contribution in [0.4, 0.5) is 0 Å². The number of carbonyl (C=O) groups excluding carboxylic acids is 1. The van der Waals surface area contributed by atoms with Crippen LogP contribution in [-0.2, 0) is 4.74 Å². The maximum atomic E-state index is 12.9. The van der Waals surface area contributed by atoms with Crippen molar-refractivity contribution in [1.82, 2.24) is 4.90 Å². The maximum absolute atomic E-state index is 12.9. The number of nitrogens with zero attached hydrogens (tertiary/aromatic N) is 1. The van der Waals surface area contributed by atoms with Gasteiger partial charge in [0.2, 0.25) is 0 Å². The lowest BCUT2D eigenvalue weighted by atomic mass is 10.0. The van der Waals surface area contributed by atoms with E-state index in [1.807, 2.05) is 25.1 Å². The number of rotatable bonds is 4. The van der Waals surface area contributed by atoms with Crippen molar-refractivity contribution >= 4 is 21.8 Å². The van der Waals surface area contributed by atoms with Crippen molar-refractivity contribution in [3.8, 4) is 0 Å². The average molecular weight is 338 g/mol. The molecule has 1 saturated carbocycles. The minimum Gasteiger partial charge on any atom is -0.381 e. The van der Waals surface area contributed by atoms with Crippen LogP contribution < -0.4 is 0 Å². The summed E-state index contributed by atoms with van der Waals surface area (Å²) >= 11 is 3.51. The molecule has 3 rings (SSSR count). The Hall–Kier alpha value is -0.870. The molecule has 0 N–H and O–H groups in total. The van der Waals surface area contributed by atoms with Gasteiger partial charge in [-0.1, -0.05) is 22.0 Å². The molecule has 1 unspecified atom stereocenters. The minimum atomic E-state index is 0.179. The second kappa shape index (κ2) is 5.86. The third kappa shape index (κ3) is 2.91. The van der Waals surface area contributed by atoms with Gasteiger partial charge >= 0.3 is 0 Å². The van der Waals surface area contributed by atoms with Gasteiger partial charge in [0.15, 0.2) is 0 Å². The summed E-state index contributed by atoms with van der Waals surface area (Å²) in [7, 11) is 0. The van der Waals surface area contributed by atoms with E-state index in [2.05, 4.69) is 20.8 Å². The number of benzene rings is 1. The summed E-state index contributed by atoms with van der Waals surface area (Å²) in [4.78, 5) is 14.9. The Bertz CT molecular complexity index is 507. The van der Waals surface area contributed by atoms with Crippen LogP contribution in [0.2, 0.25) is 0 Å². The Balaban J connectivity index is 1.79. The molecule has 1 amide bonds. The summed E-state index contributed by atoms with van der Waals surface area (Å²) in [5, 5.41) is 0. The summed E-state index contributed by atoms with van der Waals surface area (Å²) in [6.07, 6.45) is 3.37. The Morgan fingerprint density at radius 2 is 2.20 bits per heavy atom. The van der Waals surface area contributed by atoms with Crippen LogP contribution in [0.1, 0.15) is 35.2 Å². The van der Waals surface area contributed by atoms with Crippen molar-refractivity contribution in [3.05, 3.63) is 33.8 Å². The molecule has 0 bridgehead atoms. The van der Waals surface area contributed by atoms with Gasteiger partial charge in [-0.3, -0.25) is 4.79 Å². The zero-order chi connectivity index (χ0) is 14.1. The Kier molecular flexibility index (Phi) is 4.13. The average Bonchev–Trinajstić information content (AvgIpc) is 3.15. The lowest BCUT2D eigenvalue weighted by molar-refractivity contribution is 0.0705. The standard InChI is InChI=1S/C16H20BrNO2/c1-11-14(3-2-4-15(11)17)16(19)18(13-5-6-13)9-12-7-8-20-10-12/h2-4,12-13H,5-10H2,1H3. The molecule has 0 radical (unpaired) electrons. The lowest BCUT2D eigenvalue weighted by Crippen LogP contribution is -2.37. The van der Waals surface area contributed by atoms with Crippen molar-refractivity contribution in [2.75, 3.05) is 19.8 Å². The molecule has 2 fully saturated rings. The Labute approximate surface area is 128 Å². The highest BCUT2D eigenvalue weighted by Gasteiger charge is 2.35. The van der Waals surface area contributed by atoms with E-state index < -0.39 is 0 Å². The quantitative estimate of drug-likeness (QED) is 0.842. The van der Waals surface area contributed by atoms with Gasteiger partial charge in [-0.15, -0.1) is 0 Å². The van der Waals surface area contributed by atoms with E-state index in [1.165, 1.54) is 0 Å². The van der Waals surface area contributed by atoms with E-state index in [1.54, 1.807) is 0 Å². The van der Waals surface area contributed by atoms with E-state index in [4.69, 9.17) is 4.74 Å². The molecule has 4 heteroatoms. The maximum Gasteiger partial charge on any atom is 0.254 e. The summed E-state index contributed by atoms with van der Waals surface area (Å²) in [6, 6.07) is 6.30. The van der Waals surface area contributed by atoms with Gasteiger partial charge in [0.05, 0.1) is 6.61 Å². The number of amides is 1. The van der Waals surface area contributed by atoms with E-state index >= 15 is 0 Å². The topological polar surface area (TPSA) is 29.5 Å². The molecule has 1 aliphatic heterocycles. The largest absolute Gasteiger partial charge is 0.381 e. The molecule has 3 nitrogen and oxygen atoms in total. The molecule has 1 atom stereocenters. The van der Waals surface area contributed by atoms with Crippen molar-refractivity contribution in [1.29, 1.82) is 0 Å². The Morgan fingerprint density at radius 1 is 1.40 bits per heavy atom. The highest BCUT2D eigenvalue weighted by atomic mass is 79.9. The second-order valence-corrected chi connectivity index (χ2v) is 6.69. The van der Waals surface area contributed by atoms with Crippen molar-refractivity contribution in [3.63, 3.8) is 0 Å². The second-order valence-electron chi connectivity index (χ2n) is 5.83. The van der Waals surface area contributed by atoms with Gasteiger partial charge in [-0.25, -0.2) is 0 Å². The van der Waals surface area contributed by atoms with Gasteiger partial charge < -0.3 is 9.64 Å². The molecule has 108 valence electrons. The molecule has 1 heterocycles. The molecule has 1 aliphatic carbocycles. The lowest BCUT2D eigenvalue weighted by Gasteiger charge is -2.26. The van der Waals surface area contributed by atoms with Crippen LogP contribution in [0.5, 0.6) is 0 Å². The smallest absolute Gasteiger partial charge is 0.254 e. The number of halogens is 1. The summed E-state index contributed by atoms with van der Waals surface area (Å²) in [5.41, 5.74) is 1.86.